The molecule has 1 aromatic heterocycles. The molecule has 0 spiro atoms. The molecule has 0 bridgehead atoms. The van der Waals surface area contributed by atoms with Gasteiger partial charge in [-0.25, -0.2) is 0 Å². The largest absolute Gasteiger partial charge is 0.386 e. The average molecular weight is 247 g/mol. The van der Waals surface area contributed by atoms with E-state index in [0.717, 1.165) is 17.0 Å². The van der Waals surface area contributed by atoms with Gasteiger partial charge in [0.05, 0.1) is 0 Å². The summed E-state index contributed by atoms with van der Waals surface area (Å²) < 4.78 is 0. The first kappa shape index (κ1) is 12.1. The highest BCUT2D eigenvalue weighted by Crippen LogP contribution is 2.19. The lowest BCUT2D eigenvalue weighted by atomic mass is 10.1. The van der Waals surface area contributed by atoms with Crippen LogP contribution in [-0.4, -0.2) is 11.7 Å². The molecule has 0 saturated carbocycles. The van der Waals surface area contributed by atoms with E-state index in [1.54, 1.807) is 11.3 Å². The van der Waals surface area contributed by atoms with Crippen molar-refractivity contribution in [3.05, 3.63) is 52.2 Å². The predicted molar refractivity (Wildman–Crippen MR) is 73.6 cm³/mol. The zero-order chi connectivity index (χ0) is 12.1. The second-order valence-corrected chi connectivity index (χ2v) is 4.94. The van der Waals surface area contributed by atoms with E-state index >= 15 is 0 Å². The number of hydrogen-bond acceptors (Lipinski definition) is 3. The molecule has 0 aliphatic heterocycles. The van der Waals surface area contributed by atoms with E-state index in [9.17, 15) is 5.11 Å². The number of thiophene rings is 1. The summed E-state index contributed by atoms with van der Waals surface area (Å²) in [5, 5.41) is 15.1. The summed E-state index contributed by atoms with van der Waals surface area (Å²) in [7, 11) is 0. The van der Waals surface area contributed by atoms with Crippen LogP contribution in [0.3, 0.4) is 0 Å². The minimum atomic E-state index is -0.430. The molecule has 2 rings (SSSR count). The van der Waals surface area contributed by atoms with E-state index in [1.165, 1.54) is 5.56 Å². The molecular formula is C14H17NOS. The van der Waals surface area contributed by atoms with Crippen LogP contribution >= 0.6 is 11.3 Å². The van der Waals surface area contributed by atoms with Crippen molar-refractivity contribution in [3.63, 3.8) is 0 Å². The number of nitrogens with one attached hydrogen (secondary N) is 1. The molecule has 2 nitrogen and oxygen atoms in total. The first-order valence-corrected chi connectivity index (χ1v) is 6.72. The topological polar surface area (TPSA) is 32.3 Å². The van der Waals surface area contributed by atoms with E-state index in [0.29, 0.717) is 6.54 Å². The van der Waals surface area contributed by atoms with E-state index in [2.05, 4.69) is 36.5 Å². The number of rotatable bonds is 5. The Morgan fingerprint density at radius 1 is 1.24 bits per heavy atom. The molecule has 2 N–H and O–H groups in total. The van der Waals surface area contributed by atoms with Gasteiger partial charge in [-0.05, 0) is 35.6 Å². The van der Waals surface area contributed by atoms with E-state index in [4.69, 9.17) is 0 Å². The van der Waals surface area contributed by atoms with Crippen molar-refractivity contribution < 1.29 is 5.11 Å². The van der Waals surface area contributed by atoms with Crippen molar-refractivity contribution in [2.45, 2.75) is 19.4 Å². The van der Waals surface area contributed by atoms with Crippen LogP contribution in [0.25, 0.3) is 0 Å². The first-order valence-electron chi connectivity index (χ1n) is 5.84. The van der Waals surface area contributed by atoms with Crippen molar-refractivity contribution in [1.82, 2.24) is 0 Å². The van der Waals surface area contributed by atoms with Gasteiger partial charge in [0, 0.05) is 17.1 Å². The third-order valence-electron chi connectivity index (χ3n) is 2.73. The normalized spacial score (nSPS) is 12.4. The highest BCUT2D eigenvalue weighted by Gasteiger charge is 2.07. The lowest BCUT2D eigenvalue weighted by Crippen LogP contribution is -2.10. The van der Waals surface area contributed by atoms with Gasteiger partial charge in [0.15, 0.2) is 0 Å². The fourth-order valence-corrected chi connectivity index (χ4v) is 2.37. The van der Waals surface area contributed by atoms with Gasteiger partial charge >= 0.3 is 0 Å². The minimum absolute atomic E-state index is 0.430. The summed E-state index contributed by atoms with van der Waals surface area (Å²) in [6.45, 7) is 2.69. The van der Waals surface area contributed by atoms with Gasteiger partial charge in [-0.3, -0.25) is 0 Å². The van der Waals surface area contributed by atoms with Gasteiger partial charge in [0.2, 0.25) is 0 Å². The van der Waals surface area contributed by atoms with Crippen LogP contribution in [0.2, 0.25) is 0 Å². The summed E-state index contributed by atoms with van der Waals surface area (Å²) in [5.74, 6) is 0. The highest BCUT2D eigenvalue weighted by molar-refractivity contribution is 7.10. The molecule has 0 fully saturated rings. The van der Waals surface area contributed by atoms with Gasteiger partial charge in [0.25, 0.3) is 0 Å². The average Bonchev–Trinajstić information content (AvgIpc) is 2.90. The standard InChI is InChI=1S/C14H17NOS/c1-2-11-5-7-12(8-6-11)15-10-13(16)14-4-3-9-17-14/h3-9,13,15-16H,2,10H2,1H3. The number of aliphatic hydroxyl groups is 1. The Morgan fingerprint density at radius 3 is 2.59 bits per heavy atom. The molecule has 2 aromatic rings. The zero-order valence-corrected chi connectivity index (χ0v) is 10.7. The maximum Gasteiger partial charge on any atom is 0.105 e. The number of aryl methyl sites for hydroxylation is 1. The zero-order valence-electron chi connectivity index (χ0n) is 9.89. The molecule has 0 saturated heterocycles. The van der Waals surface area contributed by atoms with Crippen LogP contribution in [0.15, 0.2) is 41.8 Å². The summed E-state index contributed by atoms with van der Waals surface area (Å²) >= 11 is 1.58. The smallest absolute Gasteiger partial charge is 0.105 e. The van der Waals surface area contributed by atoms with Gasteiger partial charge in [0.1, 0.15) is 6.10 Å². The van der Waals surface area contributed by atoms with Crippen LogP contribution in [0, 0.1) is 0 Å². The van der Waals surface area contributed by atoms with Crippen LogP contribution in [0.1, 0.15) is 23.5 Å². The fourth-order valence-electron chi connectivity index (χ4n) is 1.65. The van der Waals surface area contributed by atoms with Crippen molar-refractivity contribution >= 4 is 17.0 Å². The lowest BCUT2D eigenvalue weighted by molar-refractivity contribution is 0.195. The number of aliphatic hydroxyl groups excluding tert-OH is 1. The Kier molecular flexibility index (Phi) is 4.18. The summed E-state index contributed by atoms with van der Waals surface area (Å²) in [6.07, 6.45) is 0.624. The lowest BCUT2D eigenvalue weighted by Gasteiger charge is -2.11. The quantitative estimate of drug-likeness (QED) is 0.848. The summed E-state index contributed by atoms with van der Waals surface area (Å²) in [5.41, 5.74) is 2.38. The Hall–Kier alpha value is -1.32. The predicted octanol–water partition coefficient (Wildman–Crippen LogP) is 3.46. The van der Waals surface area contributed by atoms with Crippen molar-refractivity contribution in [2.75, 3.05) is 11.9 Å². The SMILES string of the molecule is CCc1ccc(NCC(O)c2cccs2)cc1. The third kappa shape index (κ3) is 3.32. The van der Waals surface area contributed by atoms with Gasteiger partial charge in [-0.15, -0.1) is 11.3 Å². The highest BCUT2D eigenvalue weighted by atomic mass is 32.1. The van der Waals surface area contributed by atoms with Crippen molar-refractivity contribution in [3.8, 4) is 0 Å². The van der Waals surface area contributed by atoms with Crippen LogP contribution < -0.4 is 5.32 Å². The Morgan fingerprint density at radius 2 is 2.00 bits per heavy atom. The molecule has 90 valence electrons. The van der Waals surface area contributed by atoms with Gasteiger partial charge in [-0.2, -0.15) is 0 Å². The first-order chi connectivity index (χ1) is 8.29. The Labute approximate surface area is 106 Å². The maximum atomic E-state index is 9.92. The van der Waals surface area contributed by atoms with Crippen molar-refractivity contribution in [1.29, 1.82) is 0 Å². The molecular weight excluding hydrogens is 230 g/mol. The van der Waals surface area contributed by atoms with E-state index in [1.807, 2.05) is 17.5 Å². The summed E-state index contributed by atoms with van der Waals surface area (Å²) in [4.78, 5) is 1.00. The monoisotopic (exact) mass is 247 g/mol. The van der Waals surface area contributed by atoms with E-state index in [-0.39, 0.29) is 0 Å². The Bertz CT molecular complexity index is 436. The number of anilines is 1. The molecule has 17 heavy (non-hydrogen) atoms. The van der Waals surface area contributed by atoms with E-state index < -0.39 is 6.10 Å². The molecule has 1 aromatic carbocycles. The third-order valence-corrected chi connectivity index (χ3v) is 3.71. The summed E-state index contributed by atoms with van der Waals surface area (Å²) in [6, 6.07) is 12.2. The maximum absolute atomic E-state index is 9.92. The molecule has 3 heteroatoms. The number of benzene rings is 1. The minimum Gasteiger partial charge on any atom is -0.386 e. The molecule has 0 amide bonds. The molecule has 1 unspecified atom stereocenters. The van der Waals surface area contributed by atoms with Crippen molar-refractivity contribution in [2.24, 2.45) is 0 Å². The van der Waals surface area contributed by atoms with Crippen LogP contribution in [0.4, 0.5) is 5.69 Å². The Balaban J connectivity index is 1.89. The molecule has 0 radical (unpaired) electrons. The molecule has 0 aliphatic carbocycles. The number of hydrogen-bond donors (Lipinski definition) is 2. The molecule has 0 aliphatic rings. The molecule has 1 heterocycles. The van der Waals surface area contributed by atoms with Crippen LogP contribution in [-0.2, 0) is 6.42 Å². The second-order valence-electron chi connectivity index (χ2n) is 3.96. The molecule has 1 atom stereocenters. The van der Waals surface area contributed by atoms with Gasteiger partial charge in [-0.1, -0.05) is 25.1 Å². The fraction of sp³-hybridized carbons (Fsp3) is 0.286. The van der Waals surface area contributed by atoms with Gasteiger partial charge < -0.3 is 10.4 Å². The second kappa shape index (κ2) is 5.84. The van der Waals surface area contributed by atoms with Crippen LogP contribution in [0.5, 0.6) is 0 Å².